The maximum atomic E-state index is 15.4. The molecule has 29 heteroatoms. The van der Waals surface area contributed by atoms with Gasteiger partial charge in [-0.2, -0.15) is 0 Å². The zero-order valence-electron chi connectivity index (χ0n) is 64.6. The number of nitrogens with zero attached hydrogens (tertiary/aromatic N) is 6. The lowest BCUT2D eigenvalue weighted by Crippen LogP contribution is -2.65. The minimum absolute atomic E-state index is 0.0165. The second kappa shape index (κ2) is 42.3. The molecule has 2 aliphatic rings. The van der Waals surface area contributed by atoms with Crippen molar-refractivity contribution in [3.63, 3.8) is 0 Å². The van der Waals surface area contributed by atoms with Crippen LogP contribution in [0.4, 0.5) is 0 Å². The summed E-state index contributed by atoms with van der Waals surface area (Å²) in [5, 5.41) is 40.3. The fourth-order valence-corrected chi connectivity index (χ4v) is 13.0. The van der Waals surface area contributed by atoms with Gasteiger partial charge in [0.25, 0.3) is 0 Å². The Kier molecular flexibility index (Phi) is 37.9. The molecule has 574 valence electrons. The van der Waals surface area contributed by atoms with Crippen LogP contribution in [0.5, 0.6) is 0 Å². The summed E-state index contributed by atoms with van der Waals surface area (Å²) >= 11 is 0. The van der Waals surface area contributed by atoms with Gasteiger partial charge in [-0.05, 0) is 108 Å². The summed E-state index contributed by atoms with van der Waals surface area (Å²) in [6.07, 6.45) is 0.748. The number of hydrogen-bond donors (Lipinski definition) is 8. The molecule has 15 atom stereocenters. The van der Waals surface area contributed by atoms with Gasteiger partial charge >= 0.3 is 0 Å². The molecule has 0 aromatic heterocycles. The highest BCUT2D eigenvalue weighted by molar-refractivity contribution is 6.00. The maximum Gasteiger partial charge on any atom is 0.248 e. The Morgan fingerprint density at radius 3 is 1.41 bits per heavy atom. The van der Waals surface area contributed by atoms with Crippen LogP contribution in [-0.2, 0) is 71.7 Å². The van der Waals surface area contributed by atoms with Crippen LogP contribution >= 0.6 is 0 Å². The van der Waals surface area contributed by atoms with Crippen molar-refractivity contribution < 1.29 is 81.9 Å². The van der Waals surface area contributed by atoms with Crippen molar-refractivity contribution in [3.8, 4) is 0 Å². The molecule has 29 nitrogen and oxygen atoms in total. The fourth-order valence-electron chi connectivity index (χ4n) is 13.0. The topological polar surface area (TPSA) is 357 Å². The van der Waals surface area contributed by atoms with Gasteiger partial charge in [0.05, 0.1) is 38.6 Å². The third-order valence-electron chi connectivity index (χ3n) is 18.6. The zero-order chi connectivity index (χ0) is 76.5. The SMILES string of the molecule is C/C=C/C[C@@H](C)[C@@H](O)[C@H]1C(=O)N[C@@H]([C@@H](C)O)C(=O)N(C)[C@H](COC)C(=O)N(C)[C@@H](CC(C)C)C(=O)N[C@@H](CC(C)C)C(=O)N(C)[C@@H](CC(C)C)C(=O)N[C@@H](C)C(=O)N[C@H](C)C(=O)N[C@@H](C[C@H](C)CN2CCOC(COC)(COC)C2)C(=O)N[C@@H](CC(C)C)C(=O)N(C)[C@@H](C(C)C)C(=O)N1C. The molecule has 0 aromatic rings. The van der Waals surface area contributed by atoms with Gasteiger partial charge in [0, 0.05) is 76.2 Å². The predicted molar refractivity (Wildman–Crippen MR) is 379 cm³/mol. The number of carbonyl (C=O) groups is 11. The van der Waals surface area contributed by atoms with Crippen LogP contribution in [-0.4, -0.2) is 291 Å². The molecule has 0 bridgehead atoms. The Hall–Kier alpha value is -6.37. The van der Waals surface area contributed by atoms with Crippen molar-refractivity contribution in [1.82, 2.24) is 61.3 Å². The monoisotopic (exact) mass is 1420 g/mol. The first-order valence-corrected chi connectivity index (χ1v) is 35.5. The van der Waals surface area contributed by atoms with Crippen molar-refractivity contribution in [1.29, 1.82) is 0 Å². The van der Waals surface area contributed by atoms with E-state index in [1.807, 2.05) is 62.3 Å². The van der Waals surface area contributed by atoms with Gasteiger partial charge < -0.3 is 85.6 Å². The molecule has 2 aliphatic heterocycles. The van der Waals surface area contributed by atoms with E-state index in [1.54, 1.807) is 54.1 Å². The highest BCUT2D eigenvalue weighted by atomic mass is 16.6. The van der Waals surface area contributed by atoms with Crippen molar-refractivity contribution >= 4 is 65.0 Å². The van der Waals surface area contributed by atoms with E-state index in [9.17, 15) is 43.8 Å². The molecule has 2 heterocycles. The second-order valence-electron chi connectivity index (χ2n) is 30.0. The predicted octanol–water partition coefficient (Wildman–Crippen LogP) is 1.30. The van der Waals surface area contributed by atoms with Crippen LogP contribution in [0.2, 0.25) is 0 Å². The number of likely N-dealkylation sites (N-methyl/N-ethyl adjacent to an activating group) is 5. The molecule has 0 spiro atoms. The van der Waals surface area contributed by atoms with Gasteiger partial charge in [0.15, 0.2) is 0 Å². The molecule has 2 fully saturated rings. The van der Waals surface area contributed by atoms with Crippen LogP contribution in [0, 0.1) is 41.4 Å². The molecule has 100 heavy (non-hydrogen) atoms. The van der Waals surface area contributed by atoms with E-state index in [-0.39, 0.29) is 81.3 Å². The third kappa shape index (κ3) is 26.5. The number of carbonyl (C=O) groups excluding carboxylic acids is 11. The smallest absolute Gasteiger partial charge is 0.248 e. The van der Waals surface area contributed by atoms with Crippen LogP contribution in [0.15, 0.2) is 12.2 Å². The molecule has 0 unspecified atom stereocenters. The van der Waals surface area contributed by atoms with Gasteiger partial charge in [0.1, 0.15) is 72.1 Å². The summed E-state index contributed by atoms with van der Waals surface area (Å²) in [5.41, 5.74) is -0.787. The molecule has 2 saturated heterocycles. The molecule has 0 saturated carbocycles. The highest BCUT2D eigenvalue weighted by Gasteiger charge is 2.47. The lowest BCUT2D eigenvalue weighted by Gasteiger charge is -2.43. The zero-order valence-corrected chi connectivity index (χ0v) is 64.6. The first-order valence-electron chi connectivity index (χ1n) is 35.5. The van der Waals surface area contributed by atoms with Crippen molar-refractivity contribution in [2.75, 3.05) is 103 Å². The number of hydrogen-bond acceptors (Lipinski definition) is 18. The summed E-state index contributed by atoms with van der Waals surface area (Å²) in [7, 11) is 11.1. The van der Waals surface area contributed by atoms with E-state index >= 15 is 19.2 Å². The van der Waals surface area contributed by atoms with Gasteiger partial charge in [-0.15, -0.1) is 0 Å². The molecule has 8 N–H and O–H groups in total. The average molecular weight is 1420 g/mol. The Balaban J connectivity index is 3.09. The second-order valence-corrected chi connectivity index (χ2v) is 30.0. The van der Waals surface area contributed by atoms with Crippen LogP contribution < -0.4 is 31.9 Å². The van der Waals surface area contributed by atoms with Crippen LogP contribution in [0.3, 0.4) is 0 Å². The number of allylic oxidation sites excluding steroid dienone is 2. The fraction of sp³-hybridized carbons (Fsp3) is 0.817. The van der Waals surface area contributed by atoms with Crippen LogP contribution in [0.1, 0.15) is 149 Å². The van der Waals surface area contributed by atoms with Gasteiger partial charge in [-0.25, -0.2) is 0 Å². The number of methoxy groups -OCH3 is 3. The summed E-state index contributed by atoms with van der Waals surface area (Å²) in [6, 6.07) is -15.5. The van der Waals surface area contributed by atoms with Gasteiger partial charge in [-0.3, -0.25) is 57.6 Å². The quantitative estimate of drug-likeness (QED) is 0.0632. The number of rotatable bonds is 24. The Labute approximate surface area is 595 Å². The molecular weight excluding hydrogens is 1290 g/mol. The van der Waals surface area contributed by atoms with E-state index in [1.165, 1.54) is 72.9 Å². The van der Waals surface area contributed by atoms with E-state index in [0.717, 1.165) is 14.7 Å². The lowest BCUT2D eigenvalue weighted by molar-refractivity contribution is -0.165. The summed E-state index contributed by atoms with van der Waals surface area (Å²) in [5.74, 6) is -11.4. The van der Waals surface area contributed by atoms with Gasteiger partial charge in [0.2, 0.25) is 65.0 Å². The number of ether oxygens (including phenoxy) is 4. The number of amides is 11. The standard InChI is InChI=1S/C71H128N12O17/c1-25-26-27-46(13)59(85)58-65(91)77-56(49(16)84)69(95)80(19)55(36-97-22)68(94)79(18)54(33-43(8)9)64(90)76-51(30-40(2)3)66(92)78(17)53(32-42(6)7)63(89)73-47(14)60(86)72-48(15)61(87)74-50(34-45(12)35-83-28-29-100-71(37-83,38-98-23)39-99-24)62(88)75-52(31-41(4)5)67(93)81(20)57(44(10)11)70(96)82(58)21/h25-26,40-59,84-85H,27-39H2,1-24H3,(H,72,86)(H,73,89)(H,74,87)(H,75,88)(H,76,90)(H,77,91)/b26-25+/t45-,46+,47-,48+,49+,50-,51-,52-,53-,54-,55+,56-,57-,58-,59+/m0/s1. The van der Waals surface area contributed by atoms with Crippen molar-refractivity contribution in [2.24, 2.45) is 41.4 Å². The molecule has 0 radical (unpaired) electrons. The first-order chi connectivity index (χ1) is 46.6. The van der Waals surface area contributed by atoms with E-state index in [4.69, 9.17) is 18.9 Å². The number of aliphatic hydroxyl groups is 2. The molecular formula is C71H128N12O17. The van der Waals surface area contributed by atoms with E-state index in [0.29, 0.717) is 26.2 Å². The van der Waals surface area contributed by atoms with Crippen molar-refractivity contribution in [3.05, 3.63) is 12.2 Å². The largest absolute Gasteiger partial charge is 0.391 e. The number of aliphatic hydroxyl groups excluding tert-OH is 2. The average Bonchev–Trinajstić information content (AvgIpc) is 0.821. The number of morpholine rings is 1. The summed E-state index contributed by atoms with van der Waals surface area (Å²) in [4.78, 5) is 171. The number of nitrogens with one attached hydrogen (secondary N) is 6. The third-order valence-corrected chi connectivity index (χ3v) is 18.6. The summed E-state index contributed by atoms with van der Waals surface area (Å²) in [6.45, 7) is 29.2. The maximum absolute atomic E-state index is 15.4. The highest BCUT2D eigenvalue weighted by Crippen LogP contribution is 2.26. The molecule has 2 rings (SSSR count). The Morgan fingerprint density at radius 2 is 0.940 bits per heavy atom. The van der Waals surface area contributed by atoms with E-state index < -0.39 is 168 Å². The van der Waals surface area contributed by atoms with E-state index in [2.05, 4.69) is 36.8 Å². The molecule has 11 amide bonds. The van der Waals surface area contributed by atoms with Gasteiger partial charge in [-0.1, -0.05) is 95.2 Å². The normalized spacial score (nSPS) is 27.4. The minimum Gasteiger partial charge on any atom is -0.391 e. The molecule has 0 aliphatic carbocycles. The Bertz CT molecular complexity index is 2700. The minimum atomic E-state index is -1.83. The van der Waals surface area contributed by atoms with Crippen molar-refractivity contribution in [2.45, 2.75) is 234 Å². The first kappa shape index (κ1) is 89.7. The molecule has 0 aromatic carbocycles. The Morgan fingerprint density at radius 1 is 0.500 bits per heavy atom. The van der Waals surface area contributed by atoms with Crippen LogP contribution in [0.25, 0.3) is 0 Å². The summed E-state index contributed by atoms with van der Waals surface area (Å²) < 4.78 is 22.8. The lowest BCUT2D eigenvalue weighted by atomic mass is 9.91.